The molecule has 1 aromatic rings. The largest absolute Gasteiger partial charge is 0.624 e. The lowest BCUT2D eigenvalue weighted by molar-refractivity contribution is -0.472. The first kappa shape index (κ1) is 9.78. The fraction of sp³-hybridized carbons (Fsp3) is 0.364. The molecular weight excluding hydrogens is 162 g/mol. The summed E-state index contributed by atoms with van der Waals surface area (Å²) in [6.07, 6.45) is 1.69. The zero-order valence-corrected chi connectivity index (χ0v) is 8.10. The van der Waals surface area contributed by atoms with Crippen molar-refractivity contribution in [1.82, 2.24) is 0 Å². The van der Waals surface area contributed by atoms with Crippen LogP contribution in [0.5, 0.6) is 0 Å². The molecule has 0 spiro atoms. The van der Waals surface area contributed by atoms with Crippen LogP contribution in [0.25, 0.3) is 0 Å². The van der Waals surface area contributed by atoms with Crippen molar-refractivity contribution in [3.05, 3.63) is 41.1 Å². The Morgan fingerprint density at radius 3 is 2.46 bits per heavy atom. The van der Waals surface area contributed by atoms with Crippen molar-refractivity contribution in [3.63, 3.8) is 0 Å². The van der Waals surface area contributed by atoms with Gasteiger partial charge in [-0.25, -0.2) is 4.74 Å². The molecule has 0 fully saturated rings. The second kappa shape index (κ2) is 4.65. The maximum atomic E-state index is 11.3. The molecule has 0 N–H and O–H groups in total. The summed E-state index contributed by atoms with van der Waals surface area (Å²) in [4.78, 5) is 0. The van der Waals surface area contributed by atoms with Crippen molar-refractivity contribution in [2.24, 2.45) is 5.92 Å². The van der Waals surface area contributed by atoms with Gasteiger partial charge in [-0.3, -0.25) is 0 Å². The van der Waals surface area contributed by atoms with Gasteiger partial charge in [-0.15, -0.1) is 0 Å². The molecule has 0 amide bonds. The minimum absolute atomic E-state index is 0.307. The van der Waals surface area contributed by atoms with Gasteiger partial charge in [0.15, 0.2) is 12.8 Å². The van der Waals surface area contributed by atoms with Crippen LogP contribution in [0.3, 0.4) is 0 Å². The van der Waals surface area contributed by atoms with Crippen LogP contribution in [0.15, 0.2) is 30.3 Å². The Hall–Kier alpha value is -1.31. The van der Waals surface area contributed by atoms with Gasteiger partial charge in [0.05, 0.1) is 0 Å². The zero-order chi connectivity index (χ0) is 9.68. The molecule has 0 atom stereocenters. The van der Waals surface area contributed by atoms with Crippen LogP contribution in [0.2, 0.25) is 0 Å². The summed E-state index contributed by atoms with van der Waals surface area (Å²) in [5, 5.41) is 11.3. The van der Waals surface area contributed by atoms with Crippen LogP contribution < -0.4 is 0 Å². The summed E-state index contributed by atoms with van der Waals surface area (Å²) >= 11 is 0. The van der Waals surface area contributed by atoms with Gasteiger partial charge in [-0.1, -0.05) is 44.2 Å². The molecule has 1 rings (SSSR count). The normalized spacial score (nSPS) is 12.1. The third-order valence-electron chi connectivity index (χ3n) is 1.65. The van der Waals surface area contributed by atoms with E-state index in [0.29, 0.717) is 12.5 Å². The van der Waals surface area contributed by atoms with E-state index in [-0.39, 0.29) is 0 Å². The standard InChI is InChI=1S/C11H15NO/c1-10(2)8-12(13)9-11-6-4-3-5-7-11/h3-8,10H,9H2,1-2H3/b12-8-. The first-order valence-electron chi connectivity index (χ1n) is 4.51. The lowest BCUT2D eigenvalue weighted by Crippen LogP contribution is -2.08. The van der Waals surface area contributed by atoms with Crippen LogP contribution in [-0.2, 0) is 6.54 Å². The van der Waals surface area contributed by atoms with Crippen LogP contribution in [0.4, 0.5) is 0 Å². The van der Waals surface area contributed by atoms with Gasteiger partial charge in [0.1, 0.15) is 0 Å². The second-order valence-electron chi connectivity index (χ2n) is 3.45. The van der Waals surface area contributed by atoms with Crippen molar-refractivity contribution in [3.8, 4) is 0 Å². The van der Waals surface area contributed by atoms with E-state index >= 15 is 0 Å². The molecular formula is C11H15NO. The SMILES string of the molecule is CC(C)/C=[N+](\[O-])Cc1ccccc1. The molecule has 0 radical (unpaired) electrons. The van der Waals surface area contributed by atoms with Crippen molar-refractivity contribution in [2.75, 3.05) is 0 Å². The van der Waals surface area contributed by atoms with Gasteiger partial charge in [-0.05, 0) is 0 Å². The molecule has 0 aromatic heterocycles. The van der Waals surface area contributed by atoms with Gasteiger partial charge < -0.3 is 5.21 Å². The molecule has 2 heteroatoms. The Morgan fingerprint density at radius 1 is 1.31 bits per heavy atom. The minimum Gasteiger partial charge on any atom is -0.624 e. The number of hydroxylamine groups is 1. The predicted octanol–water partition coefficient (Wildman–Crippen LogP) is 2.42. The molecule has 0 aliphatic heterocycles. The van der Waals surface area contributed by atoms with E-state index < -0.39 is 0 Å². The number of hydrogen-bond donors (Lipinski definition) is 0. The lowest BCUT2D eigenvalue weighted by Gasteiger charge is -2.04. The fourth-order valence-electron chi connectivity index (χ4n) is 1.15. The van der Waals surface area contributed by atoms with Gasteiger partial charge in [0.2, 0.25) is 0 Å². The Labute approximate surface area is 79.1 Å². The van der Waals surface area contributed by atoms with E-state index in [4.69, 9.17) is 0 Å². The second-order valence-corrected chi connectivity index (χ2v) is 3.45. The average molecular weight is 177 g/mol. The van der Waals surface area contributed by atoms with Crippen molar-refractivity contribution in [2.45, 2.75) is 20.4 Å². The molecule has 70 valence electrons. The van der Waals surface area contributed by atoms with Gasteiger partial charge in [0.25, 0.3) is 0 Å². The Morgan fingerprint density at radius 2 is 1.92 bits per heavy atom. The first-order chi connectivity index (χ1) is 6.18. The van der Waals surface area contributed by atoms with E-state index in [1.165, 1.54) is 0 Å². The Bertz CT molecular complexity index is 277. The summed E-state index contributed by atoms with van der Waals surface area (Å²) in [6.45, 7) is 4.44. The van der Waals surface area contributed by atoms with Crippen LogP contribution in [-0.4, -0.2) is 11.0 Å². The van der Waals surface area contributed by atoms with Crippen LogP contribution >= 0.6 is 0 Å². The third kappa shape index (κ3) is 3.74. The number of hydrogen-bond acceptors (Lipinski definition) is 1. The zero-order valence-electron chi connectivity index (χ0n) is 8.10. The summed E-state index contributed by atoms with van der Waals surface area (Å²) < 4.78 is 0.986. The smallest absolute Gasteiger partial charge is 0.178 e. The molecule has 0 aliphatic carbocycles. The van der Waals surface area contributed by atoms with E-state index in [1.54, 1.807) is 6.21 Å². The highest BCUT2D eigenvalue weighted by molar-refractivity contribution is 5.53. The first-order valence-corrected chi connectivity index (χ1v) is 4.51. The molecule has 0 unspecified atom stereocenters. The summed E-state index contributed by atoms with van der Waals surface area (Å²) in [7, 11) is 0. The average Bonchev–Trinajstić information content (AvgIpc) is 2.04. The molecule has 0 aliphatic rings. The summed E-state index contributed by atoms with van der Waals surface area (Å²) in [5.74, 6) is 0.307. The van der Waals surface area contributed by atoms with Gasteiger partial charge in [-0.2, -0.15) is 0 Å². The maximum Gasteiger partial charge on any atom is 0.178 e. The predicted molar refractivity (Wildman–Crippen MR) is 54.7 cm³/mol. The molecule has 13 heavy (non-hydrogen) atoms. The molecule has 1 aromatic carbocycles. The fourth-order valence-corrected chi connectivity index (χ4v) is 1.15. The highest BCUT2D eigenvalue weighted by Gasteiger charge is 1.98. The van der Waals surface area contributed by atoms with E-state index in [1.807, 2.05) is 44.2 Å². The molecule has 0 heterocycles. The highest BCUT2D eigenvalue weighted by Crippen LogP contribution is 1.99. The van der Waals surface area contributed by atoms with Gasteiger partial charge >= 0.3 is 0 Å². The third-order valence-corrected chi connectivity index (χ3v) is 1.65. The Balaban J connectivity index is 2.60. The number of benzene rings is 1. The minimum atomic E-state index is 0.307. The van der Waals surface area contributed by atoms with E-state index in [2.05, 4.69) is 0 Å². The lowest BCUT2D eigenvalue weighted by atomic mass is 10.2. The van der Waals surface area contributed by atoms with E-state index in [9.17, 15) is 5.21 Å². The van der Waals surface area contributed by atoms with Crippen LogP contribution in [0, 0.1) is 11.1 Å². The summed E-state index contributed by atoms with van der Waals surface area (Å²) in [5.41, 5.74) is 1.05. The van der Waals surface area contributed by atoms with Crippen molar-refractivity contribution >= 4 is 6.21 Å². The van der Waals surface area contributed by atoms with Crippen LogP contribution in [0.1, 0.15) is 19.4 Å². The maximum absolute atomic E-state index is 11.3. The molecule has 0 saturated carbocycles. The Kier molecular flexibility index (Phi) is 3.50. The highest BCUT2D eigenvalue weighted by atomic mass is 16.5. The van der Waals surface area contributed by atoms with Crippen molar-refractivity contribution in [1.29, 1.82) is 0 Å². The molecule has 0 bridgehead atoms. The number of rotatable bonds is 3. The molecule has 0 saturated heterocycles. The summed E-state index contributed by atoms with van der Waals surface area (Å²) in [6, 6.07) is 9.75. The number of nitrogens with zero attached hydrogens (tertiary/aromatic N) is 1. The van der Waals surface area contributed by atoms with E-state index in [0.717, 1.165) is 10.3 Å². The van der Waals surface area contributed by atoms with Gasteiger partial charge in [0, 0.05) is 11.5 Å². The molecule has 2 nitrogen and oxygen atoms in total. The quantitative estimate of drug-likeness (QED) is 0.301. The topological polar surface area (TPSA) is 26.1 Å². The monoisotopic (exact) mass is 177 g/mol. The van der Waals surface area contributed by atoms with Crippen molar-refractivity contribution < 1.29 is 4.74 Å².